The van der Waals surface area contributed by atoms with Gasteiger partial charge in [0.2, 0.25) is 0 Å². The minimum absolute atomic E-state index is 0.0680. The van der Waals surface area contributed by atoms with E-state index in [2.05, 4.69) is 10.5 Å². The Morgan fingerprint density at radius 1 is 1.17 bits per heavy atom. The summed E-state index contributed by atoms with van der Waals surface area (Å²) in [4.78, 5) is 23.6. The number of carbonyl (C=O) groups is 2. The molecule has 0 aliphatic heterocycles. The maximum atomic E-state index is 11.9. The minimum Gasteiger partial charge on any atom is -0.455 e. The summed E-state index contributed by atoms with van der Waals surface area (Å²) in [6.45, 7) is -0.388. The molecule has 0 unspecified atom stereocenters. The molecule has 7 heteroatoms. The standard InChI is InChI=1S/C17H13ClN2O4/c18-11-4-3-5-12(8-11)19-16(21)10-23-17(22)9-14-13-6-1-2-7-15(13)24-20-14/h1-8H,9-10H2,(H,19,21). The van der Waals surface area contributed by atoms with E-state index in [0.29, 0.717) is 22.0 Å². The van der Waals surface area contributed by atoms with Crippen LogP contribution in [0.15, 0.2) is 53.1 Å². The largest absolute Gasteiger partial charge is 0.455 e. The van der Waals surface area contributed by atoms with E-state index in [9.17, 15) is 9.59 Å². The van der Waals surface area contributed by atoms with Crippen LogP contribution in [0.3, 0.4) is 0 Å². The van der Waals surface area contributed by atoms with Gasteiger partial charge in [-0.2, -0.15) is 0 Å². The van der Waals surface area contributed by atoms with Crippen molar-refractivity contribution in [2.24, 2.45) is 0 Å². The first kappa shape index (κ1) is 16.0. The Labute approximate surface area is 142 Å². The van der Waals surface area contributed by atoms with Gasteiger partial charge in [0.05, 0.1) is 6.42 Å². The lowest BCUT2D eigenvalue weighted by atomic mass is 10.2. The molecule has 122 valence electrons. The Morgan fingerprint density at radius 3 is 2.83 bits per heavy atom. The highest BCUT2D eigenvalue weighted by molar-refractivity contribution is 6.30. The van der Waals surface area contributed by atoms with Crippen LogP contribution in [0.5, 0.6) is 0 Å². The average Bonchev–Trinajstić information content (AvgIpc) is 2.96. The van der Waals surface area contributed by atoms with Crippen molar-refractivity contribution in [1.29, 1.82) is 0 Å². The number of halogens is 1. The van der Waals surface area contributed by atoms with Crippen molar-refractivity contribution < 1.29 is 18.8 Å². The number of nitrogens with zero attached hydrogens (tertiary/aromatic N) is 1. The first-order valence-electron chi connectivity index (χ1n) is 7.16. The predicted octanol–water partition coefficient (Wildman–Crippen LogP) is 3.21. The van der Waals surface area contributed by atoms with E-state index in [0.717, 1.165) is 5.39 Å². The number of fused-ring (bicyclic) bond motifs is 1. The van der Waals surface area contributed by atoms with E-state index in [1.165, 1.54) is 0 Å². The summed E-state index contributed by atoms with van der Waals surface area (Å²) in [5.74, 6) is -1.01. The van der Waals surface area contributed by atoms with Gasteiger partial charge in [-0.15, -0.1) is 0 Å². The number of ether oxygens (including phenoxy) is 1. The molecule has 0 aliphatic carbocycles. The fraction of sp³-hybridized carbons (Fsp3) is 0.118. The van der Waals surface area contributed by atoms with Crippen LogP contribution >= 0.6 is 11.6 Å². The highest BCUT2D eigenvalue weighted by Gasteiger charge is 2.14. The van der Waals surface area contributed by atoms with Gasteiger partial charge in [0, 0.05) is 16.1 Å². The number of aromatic nitrogens is 1. The Balaban J connectivity index is 1.53. The Hall–Kier alpha value is -2.86. The van der Waals surface area contributed by atoms with E-state index in [-0.39, 0.29) is 13.0 Å². The van der Waals surface area contributed by atoms with Crippen LogP contribution in [0, 0.1) is 0 Å². The van der Waals surface area contributed by atoms with Crippen molar-refractivity contribution in [1.82, 2.24) is 5.16 Å². The molecule has 0 radical (unpaired) electrons. The monoisotopic (exact) mass is 344 g/mol. The third-order valence-electron chi connectivity index (χ3n) is 3.24. The van der Waals surface area contributed by atoms with E-state index < -0.39 is 11.9 Å². The summed E-state index contributed by atoms with van der Waals surface area (Å²) in [7, 11) is 0. The van der Waals surface area contributed by atoms with Crippen LogP contribution in [0.1, 0.15) is 5.69 Å². The second kappa shape index (κ2) is 7.14. The number of nitrogens with one attached hydrogen (secondary N) is 1. The number of esters is 1. The number of amides is 1. The molecule has 2 aromatic carbocycles. The van der Waals surface area contributed by atoms with Crippen molar-refractivity contribution in [2.75, 3.05) is 11.9 Å². The highest BCUT2D eigenvalue weighted by atomic mass is 35.5. The maximum absolute atomic E-state index is 11.9. The molecule has 0 aliphatic rings. The van der Waals surface area contributed by atoms with Gasteiger partial charge >= 0.3 is 5.97 Å². The number of hydrogen-bond donors (Lipinski definition) is 1. The van der Waals surface area contributed by atoms with Crippen LogP contribution < -0.4 is 5.32 Å². The van der Waals surface area contributed by atoms with Crippen molar-refractivity contribution in [3.63, 3.8) is 0 Å². The Morgan fingerprint density at radius 2 is 2.00 bits per heavy atom. The normalized spacial score (nSPS) is 10.5. The second-order valence-corrected chi connectivity index (χ2v) is 5.46. The molecule has 1 N–H and O–H groups in total. The SMILES string of the molecule is O=C(COC(=O)Cc1noc2ccccc12)Nc1cccc(Cl)c1. The zero-order valence-corrected chi connectivity index (χ0v) is 13.2. The molecular weight excluding hydrogens is 332 g/mol. The topological polar surface area (TPSA) is 81.4 Å². The third kappa shape index (κ3) is 3.91. The van der Waals surface area contributed by atoms with E-state index in [4.69, 9.17) is 20.9 Å². The van der Waals surface area contributed by atoms with Crippen molar-refractivity contribution >= 4 is 40.1 Å². The van der Waals surface area contributed by atoms with Crippen LogP contribution in [-0.2, 0) is 20.7 Å². The first-order valence-corrected chi connectivity index (χ1v) is 7.54. The average molecular weight is 345 g/mol. The summed E-state index contributed by atoms with van der Waals surface area (Å²) in [6, 6.07) is 13.9. The van der Waals surface area contributed by atoms with E-state index >= 15 is 0 Å². The number of para-hydroxylation sites is 1. The molecule has 1 heterocycles. The summed E-state index contributed by atoms with van der Waals surface area (Å²) in [6.07, 6.45) is -0.0680. The van der Waals surface area contributed by atoms with Gasteiger partial charge in [-0.1, -0.05) is 35.0 Å². The van der Waals surface area contributed by atoms with Crippen LogP contribution in [0.25, 0.3) is 11.0 Å². The summed E-state index contributed by atoms with van der Waals surface area (Å²) < 4.78 is 10.1. The third-order valence-corrected chi connectivity index (χ3v) is 3.47. The zero-order chi connectivity index (χ0) is 16.9. The second-order valence-electron chi connectivity index (χ2n) is 5.02. The van der Waals surface area contributed by atoms with Gasteiger partial charge in [0.1, 0.15) is 5.69 Å². The highest BCUT2D eigenvalue weighted by Crippen LogP contribution is 2.18. The van der Waals surface area contributed by atoms with Crippen molar-refractivity contribution in [2.45, 2.75) is 6.42 Å². The molecular formula is C17H13ClN2O4. The van der Waals surface area contributed by atoms with Gasteiger partial charge < -0.3 is 14.6 Å². The van der Waals surface area contributed by atoms with Gasteiger partial charge in [-0.3, -0.25) is 9.59 Å². The summed E-state index contributed by atoms with van der Waals surface area (Å²) >= 11 is 5.83. The molecule has 24 heavy (non-hydrogen) atoms. The van der Waals surface area contributed by atoms with Gasteiger partial charge in [0.15, 0.2) is 12.2 Å². The lowest BCUT2D eigenvalue weighted by molar-refractivity contribution is -0.146. The van der Waals surface area contributed by atoms with Gasteiger partial charge in [0.25, 0.3) is 5.91 Å². The summed E-state index contributed by atoms with van der Waals surface area (Å²) in [5.41, 5.74) is 1.61. The number of anilines is 1. The smallest absolute Gasteiger partial charge is 0.312 e. The molecule has 0 saturated carbocycles. The first-order chi connectivity index (χ1) is 11.6. The van der Waals surface area contributed by atoms with Crippen molar-refractivity contribution in [3.05, 3.63) is 59.2 Å². The van der Waals surface area contributed by atoms with Gasteiger partial charge in [-0.25, -0.2) is 0 Å². The maximum Gasteiger partial charge on any atom is 0.312 e. The molecule has 3 aromatic rings. The molecule has 6 nitrogen and oxygen atoms in total. The van der Waals surface area contributed by atoms with Crippen LogP contribution in [-0.4, -0.2) is 23.6 Å². The Bertz CT molecular complexity index is 891. The summed E-state index contributed by atoms with van der Waals surface area (Å²) in [5, 5.41) is 7.69. The minimum atomic E-state index is -0.560. The molecule has 0 bridgehead atoms. The number of benzene rings is 2. The van der Waals surface area contributed by atoms with Gasteiger partial charge in [-0.05, 0) is 30.3 Å². The predicted molar refractivity (Wildman–Crippen MR) is 88.8 cm³/mol. The van der Waals surface area contributed by atoms with E-state index in [1.807, 2.05) is 12.1 Å². The lowest BCUT2D eigenvalue weighted by Gasteiger charge is -2.06. The fourth-order valence-electron chi connectivity index (χ4n) is 2.16. The molecule has 0 spiro atoms. The molecule has 0 fully saturated rings. The van der Waals surface area contributed by atoms with Crippen molar-refractivity contribution in [3.8, 4) is 0 Å². The molecule has 0 saturated heterocycles. The number of rotatable bonds is 5. The molecule has 1 aromatic heterocycles. The lowest BCUT2D eigenvalue weighted by Crippen LogP contribution is -2.21. The Kier molecular flexibility index (Phi) is 4.77. The number of hydrogen-bond acceptors (Lipinski definition) is 5. The quantitative estimate of drug-likeness (QED) is 0.719. The van der Waals surface area contributed by atoms with Crippen LogP contribution in [0.2, 0.25) is 5.02 Å². The fourth-order valence-corrected chi connectivity index (χ4v) is 2.35. The zero-order valence-electron chi connectivity index (χ0n) is 12.5. The molecule has 3 rings (SSSR count). The molecule has 1 amide bonds. The number of carbonyl (C=O) groups excluding carboxylic acids is 2. The van der Waals surface area contributed by atoms with Crippen LogP contribution in [0.4, 0.5) is 5.69 Å². The molecule has 0 atom stereocenters. The van der Waals surface area contributed by atoms with E-state index in [1.54, 1.807) is 36.4 Å².